The lowest BCUT2D eigenvalue weighted by molar-refractivity contribution is 0.0992. The average Bonchev–Trinajstić information content (AvgIpc) is 2.41. The Morgan fingerprint density at radius 2 is 2.00 bits per heavy atom. The Kier molecular flexibility index (Phi) is 3.69. The molecule has 102 valence electrons. The highest BCUT2D eigenvalue weighted by Gasteiger charge is 2.12. The molecule has 0 spiro atoms. The van der Waals surface area contributed by atoms with Gasteiger partial charge in [0.1, 0.15) is 11.5 Å². The summed E-state index contributed by atoms with van der Waals surface area (Å²) in [6.45, 7) is 1.74. The standard InChI is InChI=1S/C13H11FN4O2/c1-7-5-17-11(6-16-7)13(20)18-8-2-3-10(14)9(4-8)12(15)19/h2-6H,1H3,(H2,15,19)(H,18,20). The number of carbonyl (C=O) groups excluding carboxylic acids is 2. The van der Waals surface area contributed by atoms with E-state index < -0.39 is 17.6 Å². The third-order valence-corrected chi connectivity index (χ3v) is 2.50. The van der Waals surface area contributed by atoms with Crippen LogP contribution in [0, 0.1) is 12.7 Å². The zero-order valence-corrected chi connectivity index (χ0v) is 10.6. The lowest BCUT2D eigenvalue weighted by Crippen LogP contribution is -2.17. The molecule has 7 heteroatoms. The zero-order chi connectivity index (χ0) is 14.7. The molecule has 1 aromatic heterocycles. The van der Waals surface area contributed by atoms with Crippen molar-refractivity contribution in [2.24, 2.45) is 5.73 Å². The van der Waals surface area contributed by atoms with Crippen LogP contribution in [-0.2, 0) is 0 Å². The summed E-state index contributed by atoms with van der Waals surface area (Å²) in [4.78, 5) is 30.7. The SMILES string of the molecule is Cc1cnc(C(=O)Nc2ccc(F)c(C(N)=O)c2)cn1. The van der Waals surface area contributed by atoms with E-state index >= 15 is 0 Å². The summed E-state index contributed by atoms with van der Waals surface area (Å²) < 4.78 is 13.3. The van der Waals surface area contributed by atoms with Gasteiger partial charge in [0.15, 0.2) is 0 Å². The molecule has 2 amide bonds. The highest BCUT2D eigenvalue weighted by Crippen LogP contribution is 2.15. The Morgan fingerprint density at radius 1 is 1.25 bits per heavy atom. The van der Waals surface area contributed by atoms with Crippen LogP contribution in [0.25, 0.3) is 0 Å². The highest BCUT2D eigenvalue weighted by molar-refractivity contribution is 6.03. The van der Waals surface area contributed by atoms with Crippen LogP contribution >= 0.6 is 0 Å². The maximum atomic E-state index is 13.3. The second kappa shape index (κ2) is 5.43. The predicted octanol–water partition coefficient (Wildman–Crippen LogP) is 1.28. The summed E-state index contributed by atoms with van der Waals surface area (Å²) in [5.74, 6) is -2.17. The van der Waals surface area contributed by atoms with Crippen molar-refractivity contribution in [2.75, 3.05) is 5.32 Å². The fourth-order valence-corrected chi connectivity index (χ4v) is 1.50. The van der Waals surface area contributed by atoms with Crippen molar-refractivity contribution in [1.82, 2.24) is 9.97 Å². The van der Waals surface area contributed by atoms with E-state index in [1.54, 1.807) is 6.92 Å². The van der Waals surface area contributed by atoms with Crippen molar-refractivity contribution >= 4 is 17.5 Å². The second-order valence-corrected chi connectivity index (χ2v) is 4.06. The summed E-state index contributed by atoms with van der Waals surface area (Å²) in [7, 11) is 0. The van der Waals surface area contributed by atoms with Crippen LogP contribution in [0.15, 0.2) is 30.6 Å². The van der Waals surface area contributed by atoms with E-state index in [0.717, 1.165) is 12.1 Å². The molecule has 3 N–H and O–H groups in total. The van der Waals surface area contributed by atoms with Gasteiger partial charge in [-0.15, -0.1) is 0 Å². The lowest BCUT2D eigenvalue weighted by atomic mass is 10.1. The monoisotopic (exact) mass is 274 g/mol. The van der Waals surface area contributed by atoms with E-state index in [1.165, 1.54) is 18.5 Å². The number of aryl methyl sites for hydroxylation is 1. The molecule has 0 aliphatic rings. The van der Waals surface area contributed by atoms with Crippen LogP contribution in [0.1, 0.15) is 26.5 Å². The first-order valence-electron chi connectivity index (χ1n) is 5.66. The molecule has 0 saturated heterocycles. The Morgan fingerprint density at radius 3 is 2.60 bits per heavy atom. The summed E-state index contributed by atoms with van der Waals surface area (Å²) in [5, 5.41) is 2.48. The first kappa shape index (κ1) is 13.6. The molecule has 6 nitrogen and oxygen atoms in total. The van der Waals surface area contributed by atoms with Crippen LogP contribution in [-0.4, -0.2) is 21.8 Å². The molecule has 0 fully saturated rings. The van der Waals surface area contributed by atoms with Crippen molar-refractivity contribution in [3.05, 3.63) is 53.4 Å². The van der Waals surface area contributed by atoms with Gasteiger partial charge in [0.25, 0.3) is 11.8 Å². The summed E-state index contributed by atoms with van der Waals surface area (Å²) in [6, 6.07) is 3.54. The second-order valence-electron chi connectivity index (χ2n) is 4.06. The number of rotatable bonds is 3. The van der Waals surface area contributed by atoms with E-state index in [0.29, 0.717) is 5.69 Å². The van der Waals surface area contributed by atoms with Crippen molar-refractivity contribution in [3.63, 3.8) is 0 Å². The van der Waals surface area contributed by atoms with Gasteiger partial charge in [-0.05, 0) is 25.1 Å². The minimum Gasteiger partial charge on any atom is -0.366 e. The molecule has 1 heterocycles. The molecule has 20 heavy (non-hydrogen) atoms. The van der Waals surface area contributed by atoms with Gasteiger partial charge in [-0.25, -0.2) is 9.37 Å². The van der Waals surface area contributed by atoms with E-state index in [4.69, 9.17) is 5.73 Å². The lowest BCUT2D eigenvalue weighted by Gasteiger charge is -2.06. The fourth-order valence-electron chi connectivity index (χ4n) is 1.50. The van der Waals surface area contributed by atoms with Crippen molar-refractivity contribution in [3.8, 4) is 0 Å². The number of hydrogen-bond acceptors (Lipinski definition) is 4. The number of nitrogens with one attached hydrogen (secondary N) is 1. The number of benzene rings is 1. The molecule has 0 atom stereocenters. The molecular weight excluding hydrogens is 263 g/mol. The highest BCUT2D eigenvalue weighted by atomic mass is 19.1. The molecule has 0 unspecified atom stereocenters. The summed E-state index contributed by atoms with van der Waals surface area (Å²) >= 11 is 0. The zero-order valence-electron chi connectivity index (χ0n) is 10.6. The number of amides is 2. The Hall–Kier alpha value is -2.83. The van der Waals surface area contributed by atoms with Gasteiger partial charge in [0.2, 0.25) is 0 Å². The van der Waals surface area contributed by atoms with Crippen molar-refractivity contribution in [1.29, 1.82) is 0 Å². The van der Waals surface area contributed by atoms with Crippen LogP contribution < -0.4 is 11.1 Å². The number of anilines is 1. The average molecular weight is 274 g/mol. The molecule has 0 aliphatic carbocycles. The number of hydrogen-bond donors (Lipinski definition) is 2. The molecular formula is C13H11FN4O2. The third-order valence-electron chi connectivity index (χ3n) is 2.50. The van der Waals surface area contributed by atoms with Gasteiger partial charge in [0.05, 0.1) is 17.5 Å². The van der Waals surface area contributed by atoms with E-state index in [1.807, 2.05) is 0 Å². The van der Waals surface area contributed by atoms with Crippen molar-refractivity contribution < 1.29 is 14.0 Å². The molecule has 1 aromatic carbocycles. The van der Waals surface area contributed by atoms with Gasteiger partial charge >= 0.3 is 0 Å². The number of aromatic nitrogens is 2. The van der Waals surface area contributed by atoms with Gasteiger partial charge in [-0.1, -0.05) is 0 Å². The molecule has 0 bridgehead atoms. The van der Waals surface area contributed by atoms with E-state index in [-0.39, 0.29) is 16.9 Å². The Balaban J connectivity index is 2.21. The maximum Gasteiger partial charge on any atom is 0.275 e. The van der Waals surface area contributed by atoms with Crippen LogP contribution in [0.3, 0.4) is 0 Å². The van der Waals surface area contributed by atoms with Gasteiger partial charge in [0, 0.05) is 11.9 Å². The van der Waals surface area contributed by atoms with E-state index in [2.05, 4.69) is 15.3 Å². The van der Waals surface area contributed by atoms with Gasteiger partial charge in [-0.3, -0.25) is 14.6 Å². The first-order valence-corrected chi connectivity index (χ1v) is 5.66. The predicted molar refractivity (Wildman–Crippen MR) is 69.6 cm³/mol. The minimum atomic E-state index is -0.909. The van der Waals surface area contributed by atoms with Crippen LogP contribution in [0.2, 0.25) is 0 Å². The molecule has 0 radical (unpaired) electrons. The first-order chi connectivity index (χ1) is 9.47. The molecule has 2 rings (SSSR count). The van der Waals surface area contributed by atoms with Crippen molar-refractivity contribution in [2.45, 2.75) is 6.92 Å². The Bertz CT molecular complexity index is 671. The normalized spacial score (nSPS) is 10.1. The van der Waals surface area contributed by atoms with Gasteiger partial charge < -0.3 is 11.1 Å². The maximum absolute atomic E-state index is 13.3. The van der Waals surface area contributed by atoms with Gasteiger partial charge in [-0.2, -0.15) is 0 Å². The summed E-state index contributed by atoms with van der Waals surface area (Å²) in [6.07, 6.45) is 2.78. The minimum absolute atomic E-state index is 0.112. The largest absolute Gasteiger partial charge is 0.366 e. The molecule has 0 aliphatic heterocycles. The topological polar surface area (TPSA) is 98.0 Å². The van der Waals surface area contributed by atoms with E-state index in [9.17, 15) is 14.0 Å². The van der Waals surface area contributed by atoms with Crippen LogP contribution in [0.5, 0.6) is 0 Å². The Labute approximate surface area is 113 Å². The number of nitrogens with two attached hydrogens (primary N) is 1. The number of halogens is 1. The number of carbonyl (C=O) groups is 2. The fraction of sp³-hybridized carbons (Fsp3) is 0.0769. The smallest absolute Gasteiger partial charge is 0.275 e. The molecule has 0 saturated carbocycles. The van der Waals surface area contributed by atoms with Crippen LogP contribution in [0.4, 0.5) is 10.1 Å². The summed E-state index contributed by atoms with van der Waals surface area (Å²) in [5.41, 5.74) is 5.77. The quantitative estimate of drug-likeness (QED) is 0.880. The third kappa shape index (κ3) is 2.94. The molecule has 2 aromatic rings. The number of nitrogens with zero attached hydrogens (tertiary/aromatic N) is 2. The number of primary amides is 1.